The molecular weight excluding hydrogens is 216 g/mol. The van der Waals surface area contributed by atoms with E-state index in [4.69, 9.17) is 0 Å². The lowest BCUT2D eigenvalue weighted by Gasteiger charge is -2.24. The van der Waals surface area contributed by atoms with Gasteiger partial charge in [-0.15, -0.1) is 4.91 Å². The summed E-state index contributed by atoms with van der Waals surface area (Å²) < 4.78 is 0. The number of anilines is 1. The molecule has 0 aliphatic rings. The maximum Gasteiger partial charge on any atom is 0.108 e. The van der Waals surface area contributed by atoms with E-state index in [1.54, 1.807) is 24.3 Å². The van der Waals surface area contributed by atoms with Gasteiger partial charge < -0.3 is 10.3 Å². The fourth-order valence-corrected chi connectivity index (χ4v) is 1.58. The molecule has 0 N–H and O–H groups in total. The highest BCUT2D eigenvalue weighted by Gasteiger charge is 1.98. The second-order valence-electron chi connectivity index (χ2n) is 3.68. The van der Waals surface area contributed by atoms with Crippen LogP contribution in [0.2, 0.25) is 0 Å². The first-order valence-electron chi connectivity index (χ1n) is 5.15. The van der Waals surface area contributed by atoms with Crippen LogP contribution in [0.3, 0.4) is 0 Å². The minimum Gasteiger partial charge on any atom is -0.758 e. The molecule has 4 nitrogen and oxygen atoms in total. The van der Waals surface area contributed by atoms with Crippen LogP contribution in [0.1, 0.15) is 0 Å². The van der Waals surface area contributed by atoms with Crippen molar-refractivity contribution in [1.29, 1.82) is 0 Å². The van der Waals surface area contributed by atoms with Crippen molar-refractivity contribution in [2.75, 3.05) is 12.1 Å². The monoisotopic (exact) mass is 227 g/mol. The first kappa shape index (κ1) is 11.3. The van der Waals surface area contributed by atoms with Crippen molar-refractivity contribution in [2.24, 2.45) is 5.18 Å². The molecule has 2 aromatic carbocycles. The topological polar surface area (TPSA) is 55.7 Å². The molecule has 0 unspecified atom stereocenters. The Kier molecular flexibility index (Phi) is 3.16. The lowest BCUT2D eigenvalue weighted by atomic mass is 10.1. The summed E-state index contributed by atoms with van der Waals surface area (Å²) in [5.74, 6) is 0. The normalized spacial score (nSPS) is 10.0. The van der Waals surface area contributed by atoms with Gasteiger partial charge in [0, 0.05) is 5.69 Å². The van der Waals surface area contributed by atoms with E-state index in [1.807, 2.05) is 24.3 Å². The molecule has 2 aromatic rings. The molecule has 0 aliphatic heterocycles. The number of hydrogen-bond donors (Lipinski definition) is 0. The third-order valence-electron chi connectivity index (χ3n) is 2.54. The van der Waals surface area contributed by atoms with Gasteiger partial charge in [-0.05, 0) is 47.6 Å². The van der Waals surface area contributed by atoms with Crippen molar-refractivity contribution in [1.82, 2.24) is 0 Å². The fourth-order valence-electron chi connectivity index (χ4n) is 1.58. The number of rotatable bonds is 3. The number of benzene rings is 2. The second-order valence-corrected chi connectivity index (χ2v) is 3.68. The van der Waals surface area contributed by atoms with Crippen LogP contribution in [-0.4, -0.2) is 7.05 Å². The maximum absolute atomic E-state index is 11.0. The molecule has 0 amide bonds. The molecule has 0 bridgehead atoms. The molecule has 17 heavy (non-hydrogen) atoms. The largest absolute Gasteiger partial charge is 0.758 e. The maximum atomic E-state index is 11.0. The van der Waals surface area contributed by atoms with Crippen molar-refractivity contribution < 1.29 is 0 Å². The first-order chi connectivity index (χ1) is 8.20. The third-order valence-corrected chi connectivity index (χ3v) is 2.54. The molecule has 0 fully saturated rings. The molecule has 0 aromatic heterocycles. The highest BCUT2D eigenvalue weighted by molar-refractivity contribution is 5.67. The quantitative estimate of drug-likeness (QED) is 0.593. The lowest BCUT2D eigenvalue weighted by Crippen LogP contribution is -2.04. The van der Waals surface area contributed by atoms with Gasteiger partial charge in [-0.25, -0.2) is 0 Å². The van der Waals surface area contributed by atoms with Crippen LogP contribution in [0.25, 0.3) is 11.1 Å². The fraction of sp³-hybridized carbons (Fsp3) is 0.0769. The Morgan fingerprint density at radius 3 is 1.82 bits per heavy atom. The average Bonchev–Trinajstić information content (AvgIpc) is 2.39. The molecule has 0 radical (unpaired) electrons. The second kappa shape index (κ2) is 4.76. The highest BCUT2D eigenvalue weighted by Crippen LogP contribution is 2.24. The molecule has 2 rings (SSSR count). The van der Waals surface area contributed by atoms with Gasteiger partial charge in [0.1, 0.15) is 5.69 Å². The first-order valence-corrected chi connectivity index (χ1v) is 5.15. The van der Waals surface area contributed by atoms with Crippen molar-refractivity contribution in [3.8, 4) is 11.1 Å². The van der Waals surface area contributed by atoms with Crippen molar-refractivity contribution in [3.63, 3.8) is 0 Å². The number of hydrogen-bond acceptors (Lipinski definition) is 4. The van der Waals surface area contributed by atoms with Crippen LogP contribution in [0, 0.1) is 10.1 Å². The SMILES string of the molecule is CN([O-])c1ccc(-c2ccc(N=O)cc2)cc1. The van der Waals surface area contributed by atoms with Crippen LogP contribution in [-0.2, 0) is 0 Å². The van der Waals surface area contributed by atoms with Gasteiger partial charge >= 0.3 is 0 Å². The predicted molar refractivity (Wildman–Crippen MR) is 69.1 cm³/mol. The van der Waals surface area contributed by atoms with Crippen LogP contribution >= 0.6 is 0 Å². The van der Waals surface area contributed by atoms with Gasteiger partial charge in [-0.1, -0.05) is 24.3 Å². The molecule has 0 saturated heterocycles. The molecule has 0 heterocycles. The smallest absolute Gasteiger partial charge is 0.108 e. The zero-order valence-corrected chi connectivity index (χ0v) is 9.33. The van der Waals surface area contributed by atoms with Crippen molar-refractivity contribution >= 4 is 11.4 Å². The Balaban J connectivity index is 2.29. The van der Waals surface area contributed by atoms with Crippen molar-refractivity contribution in [3.05, 3.63) is 58.6 Å². The highest BCUT2D eigenvalue weighted by atomic mass is 16.5. The molecule has 0 aliphatic carbocycles. The van der Waals surface area contributed by atoms with Crippen LogP contribution in [0.4, 0.5) is 11.4 Å². The summed E-state index contributed by atoms with van der Waals surface area (Å²) in [5.41, 5.74) is 3.00. The van der Waals surface area contributed by atoms with E-state index in [0.29, 0.717) is 11.4 Å². The lowest BCUT2D eigenvalue weighted by molar-refractivity contribution is 1.22. The Bertz CT molecular complexity index is 504. The van der Waals surface area contributed by atoms with Gasteiger partial charge in [0.15, 0.2) is 0 Å². The summed E-state index contributed by atoms with van der Waals surface area (Å²) in [6.07, 6.45) is 0. The Hall–Kier alpha value is -2.20. The molecule has 4 heteroatoms. The summed E-state index contributed by atoms with van der Waals surface area (Å²) in [7, 11) is 1.46. The van der Waals surface area contributed by atoms with E-state index in [1.165, 1.54) is 7.05 Å². The number of hydroxylamine groups is 1. The Labute approximate surface area is 99.1 Å². The van der Waals surface area contributed by atoms with E-state index in [9.17, 15) is 10.1 Å². The summed E-state index contributed by atoms with van der Waals surface area (Å²) in [4.78, 5) is 10.3. The van der Waals surface area contributed by atoms with Crippen LogP contribution < -0.4 is 5.06 Å². The van der Waals surface area contributed by atoms with E-state index in [-0.39, 0.29) is 0 Å². The van der Waals surface area contributed by atoms with E-state index in [0.717, 1.165) is 16.2 Å². The standard InChI is InChI=1S/C13H11N2O2/c1-15(17)13-8-4-11(5-9-13)10-2-6-12(14-16)7-3-10/h2-9H,1H3/q-1. The number of nitrogens with zero attached hydrogens (tertiary/aromatic N) is 2. The molecule has 0 atom stereocenters. The zero-order chi connectivity index (χ0) is 12.3. The average molecular weight is 227 g/mol. The van der Waals surface area contributed by atoms with Gasteiger partial charge in [0.2, 0.25) is 0 Å². The van der Waals surface area contributed by atoms with Crippen molar-refractivity contribution in [2.45, 2.75) is 0 Å². The van der Waals surface area contributed by atoms with Gasteiger partial charge in [-0.3, -0.25) is 0 Å². The van der Waals surface area contributed by atoms with Gasteiger partial charge in [0.05, 0.1) is 0 Å². The van der Waals surface area contributed by atoms with Crippen LogP contribution in [0.15, 0.2) is 53.7 Å². The Morgan fingerprint density at radius 2 is 1.41 bits per heavy atom. The van der Waals surface area contributed by atoms with Gasteiger partial charge in [-0.2, -0.15) is 0 Å². The summed E-state index contributed by atoms with van der Waals surface area (Å²) in [6.45, 7) is 0. The van der Waals surface area contributed by atoms with E-state index >= 15 is 0 Å². The molecule has 86 valence electrons. The zero-order valence-electron chi connectivity index (χ0n) is 9.33. The molecule has 0 spiro atoms. The summed E-state index contributed by atoms with van der Waals surface area (Å²) in [6, 6.07) is 14.2. The summed E-state index contributed by atoms with van der Waals surface area (Å²) in [5, 5.41) is 14.7. The minimum atomic E-state index is 0.407. The molecular formula is C13H11N2O2-. The Morgan fingerprint density at radius 1 is 0.941 bits per heavy atom. The third kappa shape index (κ3) is 2.49. The minimum absolute atomic E-state index is 0.407. The number of nitroso groups, excluding NO2 is 1. The van der Waals surface area contributed by atoms with Crippen LogP contribution in [0.5, 0.6) is 0 Å². The van der Waals surface area contributed by atoms with E-state index < -0.39 is 0 Å². The van der Waals surface area contributed by atoms with Gasteiger partial charge in [0.25, 0.3) is 0 Å². The predicted octanol–water partition coefficient (Wildman–Crippen LogP) is 3.69. The molecule has 0 saturated carbocycles. The summed E-state index contributed by atoms with van der Waals surface area (Å²) >= 11 is 0. The van der Waals surface area contributed by atoms with E-state index in [2.05, 4.69) is 5.18 Å².